The third-order valence-electron chi connectivity index (χ3n) is 4.56. The van der Waals surface area contributed by atoms with E-state index < -0.39 is 5.97 Å². The van der Waals surface area contributed by atoms with Crippen molar-refractivity contribution in [3.05, 3.63) is 63.6 Å². The van der Waals surface area contributed by atoms with Crippen LogP contribution in [0.4, 0.5) is 0 Å². The van der Waals surface area contributed by atoms with Crippen molar-refractivity contribution >= 4 is 28.0 Å². The quantitative estimate of drug-likeness (QED) is 0.187. The van der Waals surface area contributed by atoms with Crippen LogP contribution in [0.25, 0.3) is 6.08 Å². The number of rotatable bonds is 10. The smallest absolute Gasteiger partial charge is 0.348 e. The number of nitriles is 1. The van der Waals surface area contributed by atoms with Crippen molar-refractivity contribution in [3.8, 4) is 17.6 Å². The molecule has 0 amide bonds. The molecule has 1 unspecified atom stereocenters. The van der Waals surface area contributed by atoms with Gasteiger partial charge in [-0.3, -0.25) is 0 Å². The molecule has 158 valence electrons. The van der Waals surface area contributed by atoms with Crippen molar-refractivity contribution < 1.29 is 19.0 Å². The van der Waals surface area contributed by atoms with Crippen LogP contribution in [0.15, 0.2) is 52.5 Å². The first kappa shape index (κ1) is 23.5. The van der Waals surface area contributed by atoms with Gasteiger partial charge in [-0.05, 0) is 61.2 Å². The summed E-state index contributed by atoms with van der Waals surface area (Å²) in [4.78, 5) is 11.9. The van der Waals surface area contributed by atoms with Crippen LogP contribution < -0.4 is 9.47 Å². The van der Waals surface area contributed by atoms with Gasteiger partial charge in [0.25, 0.3) is 0 Å². The molecular formula is C24H26BrNO4. The van der Waals surface area contributed by atoms with Crippen LogP contribution in [-0.4, -0.2) is 25.8 Å². The molecule has 30 heavy (non-hydrogen) atoms. The van der Waals surface area contributed by atoms with Crippen LogP contribution in [-0.2, 0) is 9.53 Å². The van der Waals surface area contributed by atoms with E-state index in [0.717, 1.165) is 16.6 Å². The predicted molar refractivity (Wildman–Crippen MR) is 121 cm³/mol. The molecular weight excluding hydrogens is 446 g/mol. The fraction of sp³-hybridized carbons (Fsp3) is 0.333. The number of carbonyl (C=O) groups excluding carboxylic acids is 1. The van der Waals surface area contributed by atoms with Gasteiger partial charge >= 0.3 is 5.97 Å². The van der Waals surface area contributed by atoms with Crippen LogP contribution in [0.2, 0.25) is 0 Å². The number of ether oxygens (including phenoxy) is 3. The van der Waals surface area contributed by atoms with Gasteiger partial charge < -0.3 is 14.2 Å². The highest BCUT2D eigenvalue weighted by Crippen LogP contribution is 2.26. The van der Waals surface area contributed by atoms with Gasteiger partial charge in [0.1, 0.15) is 36.4 Å². The lowest BCUT2D eigenvalue weighted by Gasteiger charge is -2.12. The lowest BCUT2D eigenvalue weighted by molar-refractivity contribution is -0.137. The highest BCUT2D eigenvalue weighted by atomic mass is 79.9. The third-order valence-corrected chi connectivity index (χ3v) is 5.05. The number of halogens is 1. The molecule has 6 heteroatoms. The number of esters is 1. The lowest BCUT2D eigenvalue weighted by atomic mass is 9.99. The highest BCUT2D eigenvalue weighted by molar-refractivity contribution is 9.10. The first-order chi connectivity index (χ1) is 14.5. The van der Waals surface area contributed by atoms with Crippen LogP contribution in [0.5, 0.6) is 11.5 Å². The van der Waals surface area contributed by atoms with Crippen LogP contribution in [0.3, 0.4) is 0 Å². The Morgan fingerprint density at radius 2 is 1.83 bits per heavy atom. The lowest BCUT2D eigenvalue weighted by Crippen LogP contribution is -2.10. The van der Waals surface area contributed by atoms with Crippen LogP contribution in [0, 0.1) is 11.3 Å². The minimum atomic E-state index is -0.657. The van der Waals surface area contributed by atoms with E-state index in [0.29, 0.717) is 30.4 Å². The standard InChI is InChI=1S/C24H26BrNO4/c1-4-17(3)18-6-9-22(10-7-18)29-12-13-30-23-11-8-21(25)15-19(23)14-20(16-26)24(27)28-5-2/h6-11,14-15,17H,4-5,12-13H2,1-3H3. The summed E-state index contributed by atoms with van der Waals surface area (Å²) < 4.78 is 17.3. The Kier molecular flexibility index (Phi) is 9.43. The second kappa shape index (κ2) is 12.0. The molecule has 0 aliphatic heterocycles. The normalized spacial score (nSPS) is 12.0. The first-order valence-corrected chi connectivity index (χ1v) is 10.7. The molecule has 0 aromatic heterocycles. The van der Waals surface area contributed by atoms with Gasteiger partial charge in [-0.2, -0.15) is 5.26 Å². The molecule has 2 aromatic rings. The molecule has 0 aliphatic carbocycles. The maximum absolute atomic E-state index is 11.9. The van der Waals surface area contributed by atoms with E-state index >= 15 is 0 Å². The monoisotopic (exact) mass is 471 g/mol. The Hall–Kier alpha value is -2.78. The maximum atomic E-state index is 11.9. The fourth-order valence-electron chi connectivity index (χ4n) is 2.70. The third kappa shape index (κ3) is 6.93. The molecule has 2 rings (SSSR count). The molecule has 5 nitrogen and oxygen atoms in total. The molecule has 1 atom stereocenters. The molecule has 0 radical (unpaired) electrons. The fourth-order valence-corrected chi connectivity index (χ4v) is 3.08. The van der Waals surface area contributed by atoms with Gasteiger partial charge in [0.05, 0.1) is 6.61 Å². The number of nitrogens with zero attached hydrogens (tertiary/aromatic N) is 1. The number of benzene rings is 2. The minimum Gasteiger partial charge on any atom is -0.490 e. The molecule has 0 spiro atoms. The Labute approximate surface area is 186 Å². The van der Waals surface area contributed by atoms with Gasteiger partial charge in [-0.1, -0.05) is 41.9 Å². The Morgan fingerprint density at radius 3 is 2.47 bits per heavy atom. The molecule has 0 saturated heterocycles. The van der Waals surface area contributed by atoms with E-state index in [1.54, 1.807) is 19.1 Å². The summed E-state index contributed by atoms with van der Waals surface area (Å²) >= 11 is 3.40. The Morgan fingerprint density at radius 1 is 1.13 bits per heavy atom. The van der Waals surface area contributed by atoms with Gasteiger partial charge in [-0.15, -0.1) is 0 Å². The van der Waals surface area contributed by atoms with Crippen molar-refractivity contribution in [3.63, 3.8) is 0 Å². The molecule has 0 fully saturated rings. The topological polar surface area (TPSA) is 68.6 Å². The second-order valence-electron chi connectivity index (χ2n) is 6.65. The molecule has 0 saturated carbocycles. The summed E-state index contributed by atoms with van der Waals surface area (Å²) in [6.45, 7) is 6.95. The summed E-state index contributed by atoms with van der Waals surface area (Å²) in [6.07, 6.45) is 2.56. The molecule has 0 aliphatic rings. The van der Waals surface area contributed by atoms with Crippen LogP contribution >= 0.6 is 15.9 Å². The van der Waals surface area contributed by atoms with E-state index in [2.05, 4.69) is 41.9 Å². The maximum Gasteiger partial charge on any atom is 0.348 e. The van der Waals surface area contributed by atoms with Crippen molar-refractivity contribution in [1.29, 1.82) is 5.26 Å². The summed E-state index contributed by atoms with van der Waals surface area (Å²) in [5, 5.41) is 9.26. The molecule has 0 heterocycles. The van der Waals surface area contributed by atoms with E-state index in [4.69, 9.17) is 14.2 Å². The van der Waals surface area contributed by atoms with E-state index in [1.807, 2.05) is 24.3 Å². The van der Waals surface area contributed by atoms with Crippen molar-refractivity contribution in [2.24, 2.45) is 0 Å². The Balaban J connectivity index is 2.00. The minimum absolute atomic E-state index is 0.0857. The van der Waals surface area contributed by atoms with Crippen molar-refractivity contribution in [2.75, 3.05) is 19.8 Å². The zero-order chi connectivity index (χ0) is 21.9. The van der Waals surface area contributed by atoms with Gasteiger partial charge in [0, 0.05) is 10.0 Å². The SMILES string of the molecule is CCOC(=O)C(C#N)=Cc1cc(Br)ccc1OCCOc1ccc(C(C)CC)cc1. The number of carbonyl (C=O) groups is 1. The summed E-state index contributed by atoms with van der Waals surface area (Å²) in [5.41, 5.74) is 1.81. The molecule has 2 aromatic carbocycles. The highest BCUT2D eigenvalue weighted by Gasteiger charge is 2.12. The van der Waals surface area contributed by atoms with Crippen LogP contribution in [0.1, 0.15) is 44.2 Å². The number of hydrogen-bond acceptors (Lipinski definition) is 5. The summed E-state index contributed by atoms with van der Waals surface area (Å²) in [7, 11) is 0. The largest absolute Gasteiger partial charge is 0.490 e. The molecule has 0 bridgehead atoms. The zero-order valence-electron chi connectivity index (χ0n) is 17.5. The first-order valence-electron chi connectivity index (χ1n) is 9.92. The second-order valence-corrected chi connectivity index (χ2v) is 7.56. The van der Waals surface area contributed by atoms with Gasteiger partial charge in [-0.25, -0.2) is 4.79 Å². The predicted octanol–water partition coefficient (Wildman–Crippen LogP) is 5.89. The van der Waals surface area contributed by atoms with Crippen molar-refractivity contribution in [2.45, 2.75) is 33.1 Å². The van der Waals surface area contributed by atoms with Crippen molar-refractivity contribution in [1.82, 2.24) is 0 Å². The average molecular weight is 472 g/mol. The summed E-state index contributed by atoms with van der Waals surface area (Å²) in [5.74, 6) is 1.20. The van der Waals surface area contributed by atoms with Gasteiger partial charge in [0.15, 0.2) is 0 Å². The Bertz CT molecular complexity index is 916. The zero-order valence-corrected chi connectivity index (χ0v) is 19.1. The summed E-state index contributed by atoms with van der Waals surface area (Å²) in [6, 6.07) is 15.4. The molecule has 0 N–H and O–H groups in total. The van der Waals surface area contributed by atoms with E-state index in [-0.39, 0.29) is 12.2 Å². The van der Waals surface area contributed by atoms with E-state index in [1.165, 1.54) is 11.6 Å². The number of hydrogen-bond donors (Lipinski definition) is 0. The van der Waals surface area contributed by atoms with E-state index in [9.17, 15) is 10.1 Å². The van der Waals surface area contributed by atoms with Gasteiger partial charge in [0.2, 0.25) is 0 Å². The average Bonchev–Trinajstić information content (AvgIpc) is 2.76.